The molecule has 38 heavy (non-hydrogen) atoms. The maximum Gasteiger partial charge on any atom is 0.156 e. The highest BCUT2D eigenvalue weighted by Crippen LogP contribution is 2.41. The van der Waals surface area contributed by atoms with E-state index >= 15 is 0 Å². The SMILES string of the molecule is c1ccc(-c2cncc(-n3c4ccccc4c4ccc5c6ccccc6n(-c6ccccc6)c5c43)n2)cc1. The van der Waals surface area contributed by atoms with Crippen LogP contribution in [0.5, 0.6) is 0 Å². The van der Waals surface area contributed by atoms with E-state index in [9.17, 15) is 0 Å². The highest BCUT2D eigenvalue weighted by atomic mass is 15.1. The summed E-state index contributed by atoms with van der Waals surface area (Å²) in [5.74, 6) is 0.801. The molecule has 0 aliphatic carbocycles. The van der Waals surface area contributed by atoms with Crippen molar-refractivity contribution >= 4 is 43.6 Å². The van der Waals surface area contributed by atoms with Gasteiger partial charge in [-0.05, 0) is 24.3 Å². The zero-order chi connectivity index (χ0) is 25.1. The molecule has 8 rings (SSSR count). The van der Waals surface area contributed by atoms with Crippen LogP contribution in [0.3, 0.4) is 0 Å². The summed E-state index contributed by atoms with van der Waals surface area (Å²) in [7, 11) is 0. The average Bonchev–Trinajstić information content (AvgIpc) is 3.51. The molecule has 0 radical (unpaired) electrons. The van der Waals surface area contributed by atoms with Crippen molar-refractivity contribution < 1.29 is 0 Å². The Labute approximate surface area is 219 Å². The molecule has 0 bridgehead atoms. The number of benzene rings is 5. The highest BCUT2D eigenvalue weighted by molar-refractivity contribution is 6.23. The lowest BCUT2D eigenvalue weighted by Crippen LogP contribution is -2.02. The number of hydrogen-bond donors (Lipinski definition) is 0. The number of hydrogen-bond acceptors (Lipinski definition) is 2. The van der Waals surface area contributed by atoms with Gasteiger partial charge >= 0.3 is 0 Å². The Balaban J connectivity index is 1.57. The van der Waals surface area contributed by atoms with Gasteiger partial charge in [0.25, 0.3) is 0 Å². The molecule has 0 amide bonds. The van der Waals surface area contributed by atoms with Gasteiger partial charge < -0.3 is 4.57 Å². The largest absolute Gasteiger partial charge is 0.307 e. The first-order valence-corrected chi connectivity index (χ1v) is 12.8. The molecule has 0 atom stereocenters. The second-order valence-corrected chi connectivity index (χ2v) is 9.53. The number of para-hydroxylation sites is 3. The lowest BCUT2D eigenvalue weighted by molar-refractivity contribution is 1.04. The molecule has 3 heterocycles. The van der Waals surface area contributed by atoms with Crippen molar-refractivity contribution in [3.63, 3.8) is 0 Å². The van der Waals surface area contributed by atoms with E-state index in [2.05, 4.69) is 117 Å². The van der Waals surface area contributed by atoms with Crippen LogP contribution in [0.2, 0.25) is 0 Å². The Morgan fingerprint density at radius 3 is 1.68 bits per heavy atom. The van der Waals surface area contributed by atoms with Crippen LogP contribution >= 0.6 is 0 Å². The molecule has 4 nitrogen and oxygen atoms in total. The molecule has 0 unspecified atom stereocenters. The summed E-state index contributed by atoms with van der Waals surface area (Å²) in [5, 5.41) is 4.84. The van der Waals surface area contributed by atoms with Gasteiger partial charge in [-0.1, -0.05) is 97.1 Å². The summed E-state index contributed by atoms with van der Waals surface area (Å²) in [5.41, 5.74) is 7.62. The quantitative estimate of drug-likeness (QED) is 0.252. The summed E-state index contributed by atoms with van der Waals surface area (Å²) >= 11 is 0. The highest BCUT2D eigenvalue weighted by Gasteiger charge is 2.21. The first-order valence-electron chi connectivity index (χ1n) is 12.8. The first-order chi connectivity index (χ1) is 18.9. The lowest BCUT2D eigenvalue weighted by atomic mass is 10.1. The fraction of sp³-hybridized carbons (Fsp3) is 0. The van der Waals surface area contributed by atoms with Gasteiger partial charge in [0.15, 0.2) is 5.82 Å². The summed E-state index contributed by atoms with van der Waals surface area (Å²) in [4.78, 5) is 9.78. The van der Waals surface area contributed by atoms with Crippen LogP contribution < -0.4 is 0 Å². The molecule has 0 saturated carbocycles. The zero-order valence-electron chi connectivity index (χ0n) is 20.5. The minimum absolute atomic E-state index is 0.801. The molecule has 5 aromatic carbocycles. The van der Waals surface area contributed by atoms with E-state index in [1.54, 1.807) is 0 Å². The van der Waals surface area contributed by atoms with E-state index in [0.29, 0.717) is 0 Å². The monoisotopic (exact) mass is 486 g/mol. The molecule has 0 aliphatic heterocycles. The number of rotatable bonds is 3. The van der Waals surface area contributed by atoms with Gasteiger partial charge in [0.1, 0.15) is 0 Å². The molecule has 3 aromatic heterocycles. The Bertz CT molecular complexity index is 2120. The van der Waals surface area contributed by atoms with Crippen LogP contribution in [-0.4, -0.2) is 19.1 Å². The summed E-state index contributed by atoms with van der Waals surface area (Å²) in [6.45, 7) is 0. The molecule has 0 N–H and O–H groups in total. The molecule has 0 saturated heterocycles. The fourth-order valence-corrected chi connectivity index (χ4v) is 5.80. The molecule has 4 heteroatoms. The second-order valence-electron chi connectivity index (χ2n) is 9.53. The minimum atomic E-state index is 0.801. The number of fused-ring (bicyclic) bond motifs is 7. The smallest absolute Gasteiger partial charge is 0.156 e. The maximum atomic E-state index is 5.14. The summed E-state index contributed by atoms with van der Waals surface area (Å²) in [6, 6.07) is 42.6. The Hall–Kier alpha value is -5.22. The van der Waals surface area contributed by atoms with E-state index in [1.807, 2.05) is 30.6 Å². The van der Waals surface area contributed by atoms with E-state index < -0.39 is 0 Å². The van der Waals surface area contributed by atoms with Crippen LogP contribution in [0.4, 0.5) is 0 Å². The molecule has 8 aromatic rings. The number of nitrogens with zero attached hydrogens (tertiary/aromatic N) is 4. The Kier molecular flexibility index (Phi) is 4.49. The van der Waals surface area contributed by atoms with Crippen molar-refractivity contribution in [1.82, 2.24) is 19.1 Å². The molecule has 0 spiro atoms. The van der Waals surface area contributed by atoms with Gasteiger partial charge in [0.05, 0.1) is 40.2 Å². The van der Waals surface area contributed by atoms with Crippen LogP contribution in [0, 0.1) is 0 Å². The van der Waals surface area contributed by atoms with E-state index in [0.717, 1.165) is 39.3 Å². The van der Waals surface area contributed by atoms with Crippen molar-refractivity contribution in [2.24, 2.45) is 0 Å². The van der Waals surface area contributed by atoms with Crippen molar-refractivity contribution in [2.75, 3.05) is 0 Å². The Morgan fingerprint density at radius 2 is 1.00 bits per heavy atom. The summed E-state index contributed by atoms with van der Waals surface area (Å²) < 4.78 is 4.67. The van der Waals surface area contributed by atoms with Crippen LogP contribution in [-0.2, 0) is 0 Å². The van der Waals surface area contributed by atoms with Gasteiger partial charge in [-0.15, -0.1) is 0 Å². The first kappa shape index (κ1) is 20.9. The fourth-order valence-electron chi connectivity index (χ4n) is 5.80. The third-order valence-corrected chi connectivity index (χ3v) is 7.40. The van der Waals surface area contributed by atoms with Crippen LogP contribution in [0.1, 0.15) is 0 Å². The van der Waals surface area contributed by atoms with Crippen LogP contribution in [0.25, 0.3) is 66.4 Å². The normalized spacial score (nSPS) is 11.7. The van der Waals surface area contributed by atoms with E-state index in [1.165, 1.54) is 27.1 Å². The predicted octanol–water partition coefficient (Wildman–Crippen LogP) is 8.34. The summed E-state index contributed by atoms with van der Waals surface area (Å²) in [6.07, 6.45) is 3.70. The molecule has 178 valence electrons. The molecule has 0 fully saturated rings. The lowest BCUT2D eigenvalue weighted by Gasteiger charge is -2.12. The van der Waals surface area contributed by atoms with Crippen molar-refractivity contribution in [1.29, 1.82) is 0 Å². The average molecular weight is 487 g/mol. The predicted molar refractivity (Wildman–Crippen MR) is 156 cm³/mol. The van der Waals surface area contributed by atoms with Crippen molar-refractivity contribution in [3.8, 4) is 22.8 Å². The van der Waals surface area contributed by atoms with E-state index in [-0.39, 0.29) is 0 Å². The van der Waals surface area contributed by atoms with Gasteiger partial charge in [-0.2, -0.15) is 0 Å². The molecular weight excluding hydrogens is 464 g/mol. The standard InChI is InChI=1S/C34H22N4/c1-3-11-23(12-4-1)29-21-35-22-32(36-29)38-31-18-10-8-16-26(31)28-20-19-27-25-15-7-9-17-30(25)37(33(27)34(28)38)24-13-5-2-6-14-24/h1-22H. The van der Waals surface area contributed by atoms with Crippen molar-refractivity contribution in [2.45, 2.75) is 0 Å². The Morgan fingerprint density at radius 1 is 0.447 bits per heavy atom. The third-order valence-electron chi connectivity index (χ3n) is 7.40. The van der Waals surface area contributed by atoms with Gasteiger partial charge in [0.2, 0.25) is 0 Å². The van der Waals surface area contributed by atoms with E-state index in [4.69, 9.17) is 4.98 Å². The number of aromatic nitrogens is 4. The van der Waals surface area contributed by atoms with Gasteiger partial charge in [0, 0.05) is 32.8 Å². The second kappa shape index (κ2) is 8.15. The minimum Gasteiger partial charge on any atom is -0.307 e. The molecule has 0 aliphatic rings. The topological polar surface area (TPSA) is 35.6 Å². The maximum absolute atomic E-state index is 5.14. The van der Waals surface area contributed by atoms with Gasteiger partial charge in [-0.25, -0.2) is 4.98 Å². The third kappa shape index (κ3) is 2.98. The molecular formula is C34H22N4. The van der Waals surface area contributed by atoms with Crippen molar-refractivity contribution in [3.05, 3.63) is 134 Å². The van der Waals surface area contributed by atoms with Crippen LogP contribution in [0.15, 0.2) is 134 Å². The van der Waals surface area contributed by atoms with Gasteiger partial charge in [-0.3, -0.25) is 9.55 Å². The zero-order valence-corrected chi connectivity index (χ0v) is 20.5.